The molecule has 0 saturated carbocycles. The lowest BCUT2D eigenvalue weighted by Gasteiger charge is -2.15. The molecule has 0 aliphatic carbocycles. The summed E-state index contributed by atoms with van der Waals surface area (Å²) in [6.07, 6.45) is 4.84. The largest absolute Gasteiger partial charge is 0.380 e. The van der Waals surface area contributed by atoms with Crippen LogP contribution in [0, 0.1) is 6.92 Å². The normalized spacial score (nSPS) is 18.2. The van der Waals surface area contributed by atoms with Crippen molar-refractivity contribution < 1.29 is 9.53 Å². The smallest absolute Gasteiger partial charge is 0.272 e. The maximum Gasteiger partial charge on any atom is 0.272 e. The SMILES string of the molecule is COC1CCN(Cc2cn(C)nc2C(=O)NCc2nc[nH]c2C)C1. The number of hydrogen-bond acceptors (Lipinski definition) is 5. The molecule has 24 heavy (non-hydrogen) atoms. The topological polar surface area (TPSA) is 88.1 Å². The van der Waals surface area contributed by atoms with Gasteiger partial charge in [0.1, 0.15) is 0 Å². The molecule has 0 spiro atoms. The van der Waals surface area contributed by atoms with E-state index in [1.54, 1.807) is 18.1 Å². The predicted octanol–water partition coefficient (Wildman–Crippen LogP) is 0.602. The lowest BCUT2D eigenvalue weighted by atomic mass is 10.2. The first-order valence-electron chi connectivity index (χ1n) is 8.11. The van der Waals surface area contributed by atoms with Crippen LogP contribution >= 0.6 is 0 Å². The van der Waals surface area contributed by atoms with Crippen molar-refractivity contribution in [3.8, 4) is 0 Å². The Kier molecular flexibility index (Phi) is 4.96. The maximum atomic E-state index is 12.5. The van der Waals surface area contributed by atoms with Crippen molar-refractivity contribution in [1.82, 2.24) is 30.0 Å². The first-order valence-corrected chi connectivity index (χ1v) is 8.11. The Morgan fingerprint density at radius 1 is 1.54 bits per heavy atom. The van der Waals surface area contributed by atoms with Gasteiger partial charge in [0.15, 0.2) is 5.69 Å². The van der Waals surface area contributed by atoms with Crippen LogP contribution in [-0.4, -0.2) is 56.9 Å². The molecule has 2 N–H and O–H groups in total. The van der Waals surface area contributed by atoms with Crippen LogP contribution < -0.4 is 5.32 Å². The first-order chi connectivity index (χ1) is 11.6. The van der Waals surface area contributed by atoms with Gasteiger partial charge in [-0.1, -0.05) is 0 Å². The minimum Gasteiger partial charge on any atom is -0.380 e. The Morgan fingerprint density at radius 3 is 3.04 bits per heavy atom. The number of aromatic nitrogens is 4. The summed E-state index contributed by atoms with van der Waals surface area (Å²) in [5.74, 6) is -0.171. The van der Waals surface area contributed by atoms with E-state index < -0.39 is 0 Å². The number of nitrogens with one attached hydrogen (secondary N) is 2. The number of methoxy groups -OCH3 is 1. The summed E-state index contributed by atoms with van der Waals surface area (Å²) < 4.78 is 7.09. The zero-order chi connectivity index (χ0) is 17.1. The fourth-order valence-corrected chi connectivity index (χ4v) is 3.03. The summed E-state index contributed by atoms with van der Waals surface area (Å²) in [6, 6.07) is 0. The number of rotatable bonds is 6. The molecule has 8 nitrogen and oxygen atoms in total. The Morgan fingerprint density at radius 2 is 2.38 bits per heavy atom. The van der Waals surface area contributed by atoms with Crippen molar-refractivity contribution in [3.63, 3.8) is 0 Å². The second kappa shape index (κ2) is 7.14. The predicted molar refractivity (Wildman–Crippen MR) is 88.4 cm³/mol. The van der Waals surface area contributed by atoms with E-state index in [1.165, 1.54) is 0 Å². The summed E-state index contributed by atoms with van der Waals surface area (Å²) in [5, 5.41) is 7.23. The van der Waals surface area contributed by atoms with Crippen molar-refractivity contribution in [2.75, 3.05) is 20.2 Å². The highest BCUT2D eigenvalue weighted by molar-refractivity contribution is 5.93. The molecule has 1 aliphatic heterocycles. The van der Waals surface area contributed by atoms with E-state index in [1.807, 2.05) is 20.2 Å². The molecule has 0 bridgehead atoms. The van der Waals surface area contributed by atoms with Gasteiger partial charge < -0.3 is 15.0 Å². The molecule has 8 heteroatoms. The standard InChI is InChI=1S/C16H24N6O2/c1-11-14(19-10-18-11)6-17-16(23)15-12(7-21(2)20-15)8-22-5-4-13(9-22)24-3/h7,10,13H,4-6,8-9H2,1-3H3,(H,17,23)(H,18,19). The van der Waals surface area contributed by atoms with Gasteiger partial charge in [0.05, 0.1) is 24.7 Å². The van der Waals surface area contributed by atoms with E-state index in [0.717, 1.165) is 36.5 Å². The average molecular weight is 332 g/mol. The number of nitrogens with zero attached hydrogens (tertiary/aromatic N) is 4. The van der Waals surface area contributed by atoms with Gasteiger partial charge in [0.2, 0.25) is 0 Å². The third kappa shape index (κ3) is 3.65. The monoisotopic (exact) mass is 332 g/mol. The van der Waals surface area contributed by atoms with Crippen molar-refractivity contribution >= 4 is 5.91 Å². The summed E-state index contributed by atoms with van der Waals surface area (Å²) in [7, 11) is 3.58. The van der Waals surface area contributed by atoms with Gasteiger partial charge in [-0.05, 0) is 13.3 Å². The fraction of sp³-hybridized carbons (Fsp3) is 0.562. The van der Waals surface area contributed by atoms with Crippen molar-refractivity contribution in [3.05, 3.63) is 35.2 Å². The van der Waals surface area contributed by atoms with Gasteiger partial charge >= 0.3 is 0 Å². The third-order valence-corrected chi connectivity index (χ3v) is 4.43. The van der Waals surface area contributed by atoms with Crippen LogP contribution in [0.5, 0.6) is 0 Å². The quantitative estimate of drug-likeness (QED) is 0.809. The van der Waals surface area contributed by atoms with Crippen LogP contribution in [0.15, 0.2) is 12.5 Å². The van der Waals surface area contributed by atoms with Crippen molar-refractivity contribution in [2.45, 2.75) is 32.5 Å². The highest BCUT2D eigenvalue weighted by atomic mass is 16.5. The van der Waals surface area contributed by atoms with E-state index >= 15 is 0 Å². The number of hydrogen-bond donors (Lipinski definition) is 2. The van der Waals surface area contributed by atoms with Gasteiger partial charge in [0.25, 0.3) is 5.91 Å². The molecule has 2 aromatic rings. The molecule has 3 rings (SSSR count). The summed E-state index contributed by atoms with van der Waals surface area (Å²) in [4.78, 5) is 22.0. The Hall–Kier alpha value is -2.19. The lowest BCUT2D eigenvalue weighted by molar-refractivity contribution is 0.0942. The van der Waals surface area contributed by atoms with Crippen LogP contribution in [0.4, 0.5) is 0 Å². The number of aryl methyl sites for hydroxylation is 2. The minimum atomic E-state index is -0.171. The van der Waals surface area contributed by atoms with Crippen LogP contribution in [0.3, 0.4) is 0 Å². The van der Waals surface area contributed by atoms with Crippen LogP contribution in [0.1, 0.15) is 33.9 Å². The van der Waals surface area contributed by atoms with E-state index in [4.69, 9.17) is 4.74 Å². The molecule has 1 fully saturated rings. The Labute approximate surface area is 141 Å². The maximum absolute atomic E-state index is 12.5. The van der Waals surface area contributed by atoms with Crippen molar-refractivity contribution in [2.24, 2.45) is 7.05 Å². The molecular weight excluding hydrogens is 308 g/mol. The molecular formula is C16H24N6O2. The zero-order valence-electron chi connectivity index (χ0n) is 14.4. The van der Waals surface area contributed by atoms with E-state index in [-0.39, 0.29) is 12.0 Å². The number of likely N-dealkylation sites (tertiary alicyclic amines) is 1. The van der Waals surface area contributed by atoms with Gasteiger partial charge in [-0.3, -0.25) is 14.4 Å². The zero-order valence-corrected chi connectivity index (χ0v) is 14.4. The molecule has 1 aliphatic rings. The third-order valence-electron chi connectivity index (χ3n) is 4.43. The fourth-order valence-electron chi connectivity index (χ4n) is 3.03. The van der Waals surface area contributed by atoms with E-state index in [0.29, 0.717) is 18.8 Å². The number of amides is 1. The summed E-state index contributed by atoms with van der Waals surface area (Å²) in [5.41, 5.74) is 3.21. The molecule has 0 radical (unpaired) electrons. The molecule has 1 amide bonds. The number of aromatic amines is 1. The van der Waals surface area contributed by atoms with Gasteiger partial charge in [-0.25, -0.2) is 4.98 Å². The Bertz CT molecular complexity index is 707. The first kappa shape index (κ1) is 16.7. The molecule has 1 unspecified atom stereocenters. The minimum absolute atomic E-state index is 0.171. The molecule has 2 aromatic heterocycles. The second-order valence-electron chi connectivity index (χ2n) is 6.22. The number of carbonyl (C=O) groups is 1. The highest BCUT2D eigenvalue weighted by Gasteiger charge is 2.25. The van der Waals surface area contributed by atoms with E-state index in [2.05, 4.69) is 25.3 Å². The lowest BCUT2D eigenvalue weighted by Crippen LogP contribution is -2.27. The highest BCUT2D eigenvalue weighted by Crippen LogP contribution is 2.17. The molecule has 1 atom stereocenters. The van der Waals surface area contributed by atoms with Crippen molar-refractivity contribution in [1.29, 1.82) is 0 Å². The molecule has 3 heterocycles. The number of H-pyrrole nitrogens is 1. The average Bonchev–Trinajstić information content (AvgIpc) is 3.26. The number of carbonyl (C=O) groups excluding carboxylic acids is 1. The van der Waals surface area contributed by atoms with Gasteiger partial charge in [0, 0.05) is 51.2 Å². The van der Waals surface area contributed by atoms with Gasteiger partial charge in [-0.2, -0.15) is 5.10 Å². The molecule has 130 valence electrons. The summed E-state index contributed by atoms with van der Waals surface area (Å²) in [6.45, 7) is 4.89. The van der Waals surface area contributed by atoms with Crippen LogP contribution in [0.2, 0.25) is 0 Å². The summed E-state index contributed by atoms with van der Waals surface area (Å²) >= 11 is 0. The number of imidazole rings is 1. The Balaban J connectivity index is 1.65. The second-order valence-corrected chi connectivity index (χ2v) is 6.22. The number of ether oxygens (including phenoxy) is 1. The van der Waals surface area contributed by atoms with E-state index in [9.17, 15) is 4.79 Å². The van der Waals surface area contributed by atoms with Crippen LogP contribution in [-0.2, 0) is 24.9 Å². The molecule has 0 aromatic carbocycles. The van der Waals surface area contributed by atoms with Gasteiger partial charge in [-0.15, -0.1) is 0 Å². The van der Waals surface area contributed by atoms with Crippen LogP contribution in [0.25, 0.3) is 0 Å². The molecule has 1 saturated heterocycles.